The topological polar surface area (TPSA) is 50.2 Å². The molecule has 5 heteroatoms. The summed E-state index contributed by atoms with van der Waals surface area (Å²) >= 11 is 0. The molecule has 1 saturated heterocycles. The summed E-state index contributed by atoms with van der Waals surface area (Å²) in [5.41, 5.74) is 5.90. The lowest BCUT2D eigenvalue weighted by molar-refractivity contribution is -0.115. The van der Waals surface area contributed by atoms with Gasteiger partial charge < -0.3 is 10.2 Å². The van der Waals surface area contributed by atoms with Gasteiger partial charge in [-0.15, -0.1) is 0 Å². The highest BCUT2D eigenvalue weighted by Gasteiger charge is 2.19. The van der Waals surface area contributed by atoms with E-state index in [2.05, 4.69) is 21.4 Å². The van der Waals surface area contributed by atoms with Crippen LogP contribution in [0.2, 0.25) is 0 Å². The van der Waals surface area contributed by atoms with E-state index in [9.17, 15) is 4.79 Å². The first-order chi connectivity index (χ1) is 13.6. The van der Waals surface area contributed by atoms with Gasteiger partial charge in [-0.3, -0.25) is 4.79 Å². The molecule has 0 aliphatic carbocycles. The van der Waals surface area contributed by atoms with E-state index in [0.29, 0.717) is 6.42 Å². The number of hydrogen-bond acceptors (Lipinski definition) is 3. The first-order valence-corrected chi connectivity index (χ1v) is 9.88. The number of hydrogen-bond donors (Lipinski definition) is 1. The van der Waals surface area contributed by atoms with Crippen LogP contribution >= 0.6 is 0 Å². The summed E-state index contributed by atoms with van der Waals surface area (Å²) in [5.74, 6) is -0.00883. The third-order valence-corrected chi connectivity index (χ3v) is 5.40. The molecule has 2 heterocycles. The van der Waals surface area contributed by atoms with Crippen LogP contribution in [0, 0.1) is 13.8 Å². The standard InChI is InChI=1S/C23H26N4O/c1-17-20(18(2)27(25-17)19-10-4-3-5-11-19)16-23(28)24-21-12-6-7-13-22(21)26-14-8-9-15-26/h3-7,10-13H,8-9,14-16H2,1-2H3,(H,24,28). The molecule has 1 amide bonds. The zero-order valence-corrected chi connectivity index (χ0v) is 16.5. The molecular formula is C23H26N4O. The largest absolute Gasteiger partial charge is 0.370 e. The molecule has 5 nitrogen and oxygen atoms in total. The van der Waals surface area contributed by atoms with Crippen LogP contribution in [0.4, 0.5) is 11.4 Å². The number of anilines is 2. The normalized spacial score (nSPS) is 13.7. The zero-order valence-electron chi connectivity index (χ0n) is 16.5. The third-order valence-electron chi connectivity index (χ3n) is 5.40. The van der Waals surface area contributed by atoms with Gasteiger partial charge in [-0.2, -0.15) is 5.10 Å². The Morgan fingerprint density at radius 3 is 2.43 bits per heavy atom. The first-order valence-electron chi connectivity index (χ1n) is 9.88. The fourth-order valence-corrected chi connectivity index (χ4v) is 3.92. The molecule has 3 aromatic rings. The van der Waals surface area contributed by atoms with Crippen LogP contribution in [0.3, 0.4) is 0 Å². The Balaban J connectivity index is 1.53. The van der Waals surface area contributed by atoms with Crippen molar-refractivity contribution in [2.45, 2.75) is 33.1 Å². The van der Waals surface area contributed by atoms with Crippen LogP contribution in [-0.4, -0.2) is 28.8 Å². The predicted molar refractivity (Wildman–Crippen MR) is 113 cm³/mol. The van der Waals surface area contributed by atoms with E-state index in [0.717, 1.165) is 47.1 Å². The van der Waals surface area contributed by atoms with Crippen molar-refractivity contribution in [1.29, 1.82) is 0 Å². The highest BCUT2D eigenvalue weighted by Crippen LogP contribution is 2.29. The minimum absolute atomic E-state index is 0.00883. The van der Waals surface area contributed by atoms with Crippen LogP contribution in [0.5, 0.6) is 0 Å². The van der Waals surface area contributed by atoms with Crippen molar-refractivity contribution in [3.05, 3.63) is 71.5 Å². The molecule has 144 valence electrons. The van der Waals surface area contributed by atoms with E-state index < -0.39 is 0 Å². The number of carbonyl (C=O) groups is 1. The number of nitrogens with one attached hydrogen (secondary N) is 1. The average molecular weight is 374 g/mol. The van der Waals surface area contributed by atoms with Crippen LogP contribution in [-0.2, 0) is 11.2 Å². The molecule has 0 unspecified atom stereocenters. The van der Waals surface area contributed by atoms with Gasteiger partial charge in [-0.1, -0.05) is 30.3 Å². The second-order valence-electron chi connectivity index (χ2n) is 7.33. The maximum Gasteiger partial charge on any atom is 0.228 e. The Kier molecular flexibility index (Phi) is 5.15. The fourth-order valence-electron chi connectivity index (χ4n) is 3.92. The lowest BCUT2D eigenvalue weighted by atomic mass is 10.1. The molecule has 1 N–H and O–H groups in total. The van der Waals surface area contributed by atoms with E-state index in [4.69, 9.17) is 0 Å². The van der Waals surface area contributed by atoms with Gasteiger partial charge in [0.25, 0.3) is 0 Å². The average Bonchev–Trinajstić information content (AvgIpc) is 3.33. The number of carbonyl (C=O) groups excluding carboxylic acids is 1. The summed E-state index contributed by atoms with van der Waals surface area (Å²) < 4.78 is 1.91. The number of nitrogens with zero attached hydrogens (tertiary/aromatic N) is 3. The fraction of sp³-hybridized carbons (Fsp3) is 0.304. The van der Waals surface area contributed by atoms with E-state index in [1.807, 2.05) is 67.1 Å². The van der Waals surface area contributed by atoms with E-state index in [1.165, 1.54) is 12.8 Å². The monoisotopic (exact) mass is 374 g/mol. The molecule has 0 atom stereocenters. The maximum absolute atomic E-state index is 12.8. The van der Waals surface area contributed by atoms with Crippen molar-refractivity contribution in [3.63, 3.8) is 0 Å². The minimum atomic E-state index is -0.00883. The molecule has 28 heavy (non-hydrogen) atoms. The highest BCUT2D eigenvalue weighted by atomic mass is 16.1. The molecule has 0 spiro atoms. The maximum atomic E-state index is 12.8. The zero-order chi connectivity index (χ0) is 19.5. The van der Waals surface area contributed by atoms with E-state index in [1.54, 1.807) is 0 Å². The summed E-state index contributed by atoms with van der Waals surface area (Å²) in [7, 11) is 0. The Bertz CT molecular complexity index is 972. The number of aryl methyl sites for hydroxylation is 1. The number of aromatic nitrogens is 2. The molecule has 2 aromatic carbocycles. The number of para-hydroxylation sites is 3. The van der Waals surface area contributed by atoms with Gasteiger partial charge in [-0.25, -0.2) is 4.68 Å². The molecule has 1 aliphatic rings. The van der Waals surface area contributed by atoms with Gasteiger partial charge in [0.15, 0.2) is 0 Å². The summed E-state index contributed by atoms with van der Waals surface area (Å²) in [6, 6.07) is 18.1. The molecule has 1 aliphatic heterocycles. The smallest absolute Gasteiger partial charge is 0.228 e. The number of benzene rings is 2. The van der Waals surface area contributed by atoms with Crippen LogP contribution in [0.1, 0.15) is 29.8 Å². The van der Waals surface area contributed by atoms with Gasteiger partial charge in [0.2, 0.25) is 5.91 Å². The van der Waals surface area contributed by atoms with Crippen molar-refractivity contribution >= 4 is 17.3 Å². The Morgan fingerprint density at radius 2 is 1.68 bits per heavy atom. The van der Waals surface area contributed by atoms with Crippen LogP contribution in [0.15, 0.2) is 54.6 Å². The van der Waals surface area contributed by atoms with Crippen LogP contribution < -0.4 is 10.2 Å². The summed E-state index contributed by atoms with van der Waals surface area (Å²) in [5, 5.41) is 7.77. The predicted octanol–water partition coefficient (Wildman–Crippen LogP) is 4.27. The number of rotatable bonds is 5. The SMILES string of the molecule is Cc1nn(-c2ccccc2)c(C)c1CC(=O)Nc1ccccc1N1CCCC1. The highest BCUT2D eigenvalue weighted by molar-refractivity contribution is 5.95. The molecule has 0 bridgehead atoms. The lowest BCUT2D eigenvalue weighted by Gasteiger charge is -2.21. The van der Waals surface area contributed by atoms with Gasteiger partial charge in [-0.05, 0) is 51.0 Å². The second-order valence-corrected chi connectivity index (χ2v) is 7.33. The third kappa shape index (κ3) is 3.65. The molecule has 1 aromatic heterocycles. The Morgan fingerprint density at radius 1 is 1.00 bits per heavy atom. The first kappa shape index (κ1) is 18.3. The van der Waals surface area contributed by atoms with Crippen LogP contribution in [0.25, 0.3) is 5.69 Å². The van der Waals surface area contributed by atoms with Gasteiger partial charge in [0.1, 0.15) is 0 Å². The second kappa shape index (κ2) is 7.89. The molecular weight excluding hydrogens is 348 g/mol. The van der Waals surface area contributed by atoms with Crippen molar-refractivity contribution in [2.24, 2.45) is 0 Å². The van der Waals surface area contributed by atoms with Gasteiger partial charge in [0.05, 0.1) is 29.2 Å². The van der Waals surface area contributed by atoms with Crippen molar-refractivity contribution in [1.82, 2.24) is 9.78 Å². The van der Waals surface area contributed by atoms with E-state index >= 15 is 0 Å². The summed E-state index contributed by atoms with van der Waals surface area (Å²) in [4.78, 5) is 15.2. The van der Waals surface area contributed by atoms with Crippen molar-refractivity contribution in [3.8, 4) is 5.69 Å². The van der Waals surface area contributed by atoms with Gasteiger partial charge in [0, 0.05) is 24.3 Å². The van der Waals surface area contributed by atoms with E-state index in [-0.39, 0.29) is 5.91 Å². The summed E-state index contributed by atoms with van der Waals surface area (Å²) in [6.45, 7) is 6.09. The Labute approximate surface area is 166 Å². The summed E-state index contributed by atoms with van der Waals surface area (Å²) in [6.07, 6.45) is 2.73. The number of amides is 1. The quantitative estimate of drug-likeness (QED) is 0.725. The molecule has 4 rings (SSSR count). The lowest BCUT2D eigenvalue weighted by Crippen LogP contribution is -2.22. The minimum Gasteiger partial charge on any atom is -0.370 e. The molecule has 0 saturated carbocycles. The van der Waals surface area contributed by atoms with Crippen molar-refractivity contribution < 1.29 is 4.79 Å². The Hall–Kier alpha value is -3.08. The molecule has 0 radical (unpaired) electrons. The van der Waals surface area contributed by atoms with Crippen molar-refractivity contribution in [2.75, 3.05) is 23.3 Å². The molecule has 1 fully saturated rings. The van der Waals surface area contributed by atoms with Gasteiger partial charge >= 0.3 is 0 Å².